The van der Waals surface area contributed by atoms with Crippen molar-refractivity contribution in [3.05, 3.63) is 70.9 Å². The van der Waals surface area contributed by atoms with Gasteiger partial charge in [0.1, 0.15) is 0 Å². The highest BCUT2D eigenvalue weighted by molar-refractivity contribution is 6.30. The molecule has 0 fully saturated rings. The van der Waals surface area contributed by atoms with E-state index >= 15 is 0 Å². The molecule has 1 heterocycles. The van der Waals surface area contributed by atoms with Gasteiger partial charge in [-0.3, -0.25) is 4.79 Å². The molecule has 130 valence electrons. The molecule has 3 nitrogen and oxygen atoms in total. The molecule has 0 radical (unpaired) electrons. The number of hydrogen-bond donors (Lipinski definition) is 2. The Morgan fingerprint density at radius 1 is 1.16 bits per heavy atom. The summed E-state index contributed by atoms with van der Waals surface area (Å²) in [6.07, 6.45) is 3.35. The van der Waals surface area contributed by atoms with Crippen LogP contribution in [0.2, 0.25) is 5.02 Å². The van der Waals surface area contributed by atoms with Crippen LogP contribution in [0, 0.1) is 0 Å². The Hall–Kier alpha value is -2.26. The summed E-state index contributed by atoms with van der Waals surface area (Å²) in [5.41, 5.74) is 3.31. The van der Waals surface area contributed by atoms with Crippen LogP contribution < -0.4 is 5.32 Å². The highest BCUT2D eigenvalue weighted by atomic mass is 35.5. The van der Waals surface area contributed by atoms with Crippen LogP contribution in [0.25, 0.3) is 10.9 Å². The summed E-state index contributed by atoms with van der Waals surface area (Å²) >= 11 is 6.04. The van der Waals surface area contributed by atoms with Crippen molar-refractivity contribution >= 4 is 28.4 Å². The number of benzene rings is 2. The maximum Gasteiger partial charge on any atom is 0.221 e. The number of nitrogens with one attached hydrogen (secondary N) is 2. The van der Waals surface area contributed by atoms with Gasteiger partial charge in [0.15, 0.2) is 0 Å². The number of carbonyl (C=O) groups excluding carboxylic acids is 1. The largest absolute Gasteiger partial charge is 0.361 e. The Morgan fingerprint density at radius 2 is 1.88 bits per heavy atom. The summed E-state index contributed by atoms with van der Waals surface area (Å²) in [6.45, 7) is 4.10. The van der Waals surface area contributed by atoms with E-state index in [0.29, 0.717) is 11.4 Å². The average Bonchev–Trinajstić information content (AvgIpc) is 3.04. The molecule has 0 spiro atoms. The van der Waals surface area contributed by atoms with E-state index in [9.17, 15) is 4.79 Å². The standard InChI is InChI=1S/C21H23ClN2O/c1-3-14(2)24-21(25)12-18(15-8-10-16(22)11-9-15)19-13-23-20-7-5-4-6-17(19)20/h4-11,13-14,18,23H,3,12H2,1-2H3,(H,24,25)/t14-,18-/m1/s1. The maximum atomic E-state index is 12.5. The van der Waals surface area contributed by atoms with Crippen LogP contribution >= 0.6 is 11.6 Å². The van der Waals surface area contributed by atoms with Crippen LogP contribution in [0.5, 0.6) is 0 Å². The third-order valence-electron chi connectivity index (χ3n) is 4.68. The molecular weight excluding hydrogens is 332 g/mol. The fourth-order valence-electron chi connectivity index (χ4n) is 3.11. The first-order valence-corrected chi connectivity index (χ1v) is 9.07. The number of para-hydroxylation sites is 1. The summed E-state index contributed by atoms with van der Waals surface area (Å²) < 4.78 is 0. The van der Waals surface area contributed by atoms with Crippen LogP contribution in [0.4, 0.5) is 0 Å². The lowest BCUT2D eigenvalue weighted by molar-refractivity contribution is -0.121. The quantitative estimate of drug-likeness (QED) is 0.623. The number of aromatic amines is 1. The number of H-pyrrole nitrogens is 1. The number of hydrogen-bond acceptors (Lipinski definition) is 1. The summed E-state index contributed by atoms with van der Waals surface area (Å²) in [5, 5.41) is 4.93. The van der Waals surface area contributed by atoms with Crippen molar-refractivity contribution in [2.75, 3.05) is 0 Å². The van der Waals surface area contributed by atoms with Crippen LogP contribution in [0.3, 0.4) is 0 Å². The topological polar surface area (TPSA) is 44.9 Å². The Labute approximate surface area is 153 Å². The van der Waals surface area contributed by atoms with Gasteiger partial charge in [-0.1, -0.05) is 48.9 Å². The first-order chi connectivity index (χ1) is 12.1. The summed E-state index contributed by atoms with van der Waals surface area (Å²) in [5.74, 6) is 0.0528. The monoisotopic (exact) mass is 354 g/mol. The zero-order valence-electron chi connectivity index (χ0n) is 14.6. The lowest BCUT2D eigenvalue weighted by atomic mass is 9.88. The van der Waals surface area contributed by atoms with Crippen LogP contribution in [-0.4, -0.2) is 16.9 Å². The number of halogens is 1. The number of amides is 1. The molecule has 1 amide bonds. The molecule has 0 saturated heterocycles. The molecule has 2 atom stereocenters. The predicted molar refractivity (Wildman–Crippen MR) is 104 cm³/mol. The molecule has 2 aromatic carbocycles. The Bertz CT molecular complexity index is 854. The minimum atomic E-state index is -0.0162. The molecule has 3 rings (SSSR count). The van der Waals surface area contributed by atoms with Gasteiger partial charge in [0.25, 0.3) is 0 Å². The highest BCUT2D eigenvalue weighted by Crippen LogP contribution is 2.33. The van der Waals surface area contributed by atoms with Crippen LogP contribution in [-0.2, 0) is 4.79 Å². The van der Waals surface area contributed by atoms with Crippen molar-refractivity contribution in [3.63, 3.8) is 0 Å². The van der Waals surface area contributed by atoms with E-state index in [1.165, 1.54) is 0 Å². The highest BCUT2D eigenvalue weighted by Gasteiger charge is 2.22. The lowest BCUT2D eigenvalue weighted by Crippen LogP contribution is -2.33. The Morgan fingerprint density at radius 3 is 2.60 bits per heavy atom. The Kier molecular flexibility index (Phi) is 5.44. The zero-order chi connectivity index (χ0) is 17.8. The predicted octanol–water partition coefficient (Wildman–Crippen LogP) is 5.26. The van der Waals surface area contributed by atoms with Gasteiger partial charge in [0.05, 0.1) is 0 Å². The molecule has 0 aliphatic carbocycles. The molecular formula is C21H23ClN2O. The number of rotatable bonds is 6. The van der Waals surface area contributed by atoms with E-state index in [1.54, 1.807) is 0 Å². The molecule has 3 aromatic rings. The molecule has 0 aliphatic rings. The van der Waals surface area contributed by atoms with Gasteiger partial charge in [-0.2, -0.15) is 0 Å². The minimum Gasteiger partial charge on any atom is -0.361 e. The van der Waals surface area contributed by atoms with Gasteiger partial charge in [0.2, 0.25) is 5.91 Å². The molecule has 0 unspecified atom stereocenters. The van der Waals surface area contributed by atoms with E-state index in [4.69, 9.17) is 11.6 Å². The van der Waals surface area contributed by atoms with Crippen LogP contribution in [0.1, 0.15) is 43.7 Å². The number of fused-ring (bicyclic) bond motifs is 1. The van der Waals surface area contributed by atoms with Crippen molar-refractivity contribution in [1.82, 2.24) is 10.3 Å². The fraction of sp³-hybridized carbons (Fsp3) is 0.286. The van der Waals surface area contributed by atoms with E-state index < -0.39 is 0 Å². The summed E-state index contributed by atoms with van der Waals surface area (Å²) in [4.78, 5) is 15.9. The van der Waals surface area contributed by atoms with E-state index in [-0.39, 0.29) is 17.9 Å². The van der Waals surface area contributed by atoms with Crippen molar-refractivity contribution in [3.8, 4) is 0 Å². The third-order valence-corrected chi connectivity index (χ3v) is 4.93. The lowest BCUT2D eigenvalue weighted by Gasteiger charge is -2.19. The first-order valence-electron chi connectivity index (χ1n) is 8.69. The van der Waals surface area contributed by atoms with Crippen LogP contribution in [0.15, 0.2) is 54.7 Å². The summed E-state index contributed by atoms with van der Waals surface area (Å²) in [7, 11) is 0. The van der Waals surface area contributed by atoms with Gasteiger partial charge in [-0.05, 0) is 42.7 Å². The molecule has 4 heteroatoms. The van der Waals surface area contributed by atoms with E-state index in [0.717, 1.165) is 28.5 Å². The maximum absolute atomic E-state index is 12.5. The fourth-order valence-corrected chi connectivity index (χ4v) is 3.23. The third kappa shape index (κ3) is 4.05. The average molecular weight is 355 g/mol. The minimum absolute atomic E-state index is 0.0162. The normalized spacial score (nSPS) is 13.6. The molecule has 2 N–H and O–H groups in total. The molecule has 0 saturated carbocycles. The molecule has 25 heavy (non-hydrogen) atoms. The summed E-state index contributed by atoms with van der Waals surface area (Å²) in [6, 6.07) is 16.1. The number of aromatic nitrogens is 1. The second kappa shape index (κ2) is 7.75. The van der Waals surface area contributed by atoms with Crippen molar-refractivity contribution in [1.29, 1.82) is 0 Å². The SMILES string of the molecule is CC[C@@H](C)NC(=O)C[C@H](c1ccc(Cl)cc1)c1c[nH]c2ccccc12. The van der Waals surface area contributed by atoms with E-state index in [2.05, 4.69) is 29.4 Å². The van der Waals surface area contributed by atoms with E-state index in [1.807, 2.05) is 49.5 Å². The Balaban J connectivity index is 1.97. The van der Waals surface area contributed by atoms with Gasteiger partial charge in [-0.15, -0.1) is 0 Å². The van der Waals surface area contributed by atoms with Crippen molar-refractivity contribution in [2.45, 2.75) is 38.6 Å². The van der Waals surface area contributed by atoms with Crippen molar-refractivity contribution in [2.24, 2.45) is 0 Å². The van der Waals surface area contributed by atoms with Gasteiger partial charge in [0, 0.05) is 40.5 Å². The van der Waals surface area contributed by atoms with Gasteiger partial charge in [-0.25, -0.2) is 0 Å². The first kappa shape index (κ1) is 17.6. The molecule has 1 aromatic heterocycles. The number of carbonyl (C=O) groups is 1. The zero-order valence-corrected chi connectivity index (χ0v) is 15.3. The van der Waals surface area contributed by atoms with Crippen molar-refractivity contribution < 1.29 is 4.79 Å². The van der Waals surface area contributed by atoms with Gasteiger partial charge < -0.3 is 10.3 Å². The van der Waals surface area contributed by atoms with Gasteiger partial charge >= 0.3 is 0 Å². The molecule has 0 aliphatic heterocycles. The second-order valence-electron chi connectivity index (χ2n) is 6.47. The second-order valence-corrected chi connectivity index (χ2v) is 6.91. The smallest absolute Gasteiger partial charge is 0.221 e. The molecule has 0 bridgehead atoms.